The summed E-state index contributed by atoms with van der Waals surface area (Å²) in [6.07, 6.45) is 0.385. The largest absolute Gasteiger partial charge is 0.489 e. The van der Waals surface area contributed by atoms with Crippen molar-refractivity contribution < 1.29 is 9.53 Å². The first kappa shape index (κ1) is 19.1. The van der Waals surface area contributed by atoms with Crippen molar-refractivity contribution in [3.8, 4) is 17.0 Å². The SMILES string of the molecule is Cc1ccccc1COc1ccc(C2CC(=O)Nc3n[nH]c(-c4ccccc4)c32)cc1. The normalized spacial score (nSPS) is 15.3. The van der Waals surface area contributed by atoms with Gasteiger partial charge in [0.05, 0.1) is 5.69 Å². The molecule has 0 aliphatic carbocycles. The van der Waals surface area contributed by atoms with E-state index in [0.717, 1.165) is 28.1 Å². The van der Waals surface area contributed by atoms with Crippen molar-refractivity contribution in [1.29, 1.82) is 0 Å². The smallest absolute Gasteiger partial charge is 0.226 e. The molecule has 0 spiro atoms. The Morgan fingerprint density at radius 2 is 1.71 bits per heavy atom. The third-order valence-electron chi connectivity index (χ3n) is 5.80. The van der Waals surface area contributed by atoms with E-state index in [4.69, 9.17) is 4.74 Å². The minimum absolute atomic E-state index is 0.0245. The van der Waals surface area contributed by atoms with Crippen molar-refractivity contribution in [2.75, 3.05) is 5.32 Å². The summed E-state index contributed by atoms with van der Waals surface area (Å²) in [5.41, 5.74) is 6.48. The van der Waals surface area contributed by atoms with Crippen LogP contribution in [0, 0.1) is 6.92 Å². The average Bonchev–Trinajstić information content (AvgIpc) is 3.23. The summed E-state index contributed by atoms with van der Waals surface area (Å²) in [7, 11) is 0. The first-order valence-electron chi connectivity index (χ1n) is 10.4. The lowest BCUT2D eigenvalue weighted by Crippen LogP contribution is -2.23. The standard InChI is InChI=1S/C26H23N3O2/c1-17-7-5-6-10-20(17)16-31-21-13-11-18(12-14-21)22-15-23(30)27-26-24(22)25(28-29-26)19-8-3-2-4-9-19/h2-14,22H,15-16H2,1H3,(H2,27,28,29,30). The van der Waals surface area contributed by atoms with Crippen LogP contribution in [0.15, 0.2) is 78.9 Å². The molecule has 0 saturated heterocycles. The maximum absolute atomic E-state index is 12.3. The van der Waals surface area contributed by atoms with Gasteiger partial charge in [0, 0.05) is 17.9 Å². The highest BCUT2D eigenvalue weighted by atomic mass is 16.5. The van der Waals surface area contributed by atoms with Gasteiger partial charge in [-0.2, -0.15) is 5.10 Å². The topological polar surface area (TPSA) is 67.0 Å². The predicted octanol–water partition coefficient (Wildman–Crippen LogP) is 5.44. The van der Waals surface area contributed by atoms with Gasteiger partial charge >= 0.3 is 0 Å². The van der Waals surface area contributed by atoms with E-state index >= 15 is 0 Å². The number of hydrogen-bond donors (Lipinski definition) is 2. The molecule has 1 amide bonds. The number of rotatable bonds is 5. The minimum Gasteiger partial charge on any atom is -0.489 e. The molecule has 5 nitrogen and oxygen atoms in total. The van der Waals surface area contributed by atoms with Gasteiger partial charge in [-0.15, -0.1) is 0 Å². The zero-order chi connectivity index (χ0) is 21.2. The van der Waals surface area contributed by atoms with Gasteiger partial charge in [0.2, 0.25) is 5.91 Å². The molecule has 1 aliphatic rings. The highest BCUT2D eigenvalue weighted by Crippen LogP contribution is 2.41. The molecular formula is C26H23N3O2. The monoisotopic (exact) mass is 409 g/mol. The number of aryl methyl sites for hydroxylation is 1. The Morgan fingerprint density at radius 3 is 2.48 bits per heavy atom. The molecule has 3 aromatic carbocycles. The summed E-state index contributed by atoms with van der Waals surface area (Å²) >= 11 is 0. The summed E-state index contributed by atoms with van der Waals surface area (Å²) < 4.78 is 5.99. The van der Waals surface area contributed by atoms with Crippen LogP contribution in [-0.2, 0) is 11.4 Å². The lowest BCUT2D eigenvalue weighted by molar-refractivity contribution is -0.116. The maximum atomic E-state index is 12.3. The Labute approximate surface area is 181 Å². The number of anilines is 1. The third-order valence-corrected chi connectivity index (χ3v) is 5.80. The Balaban J connectivity index is 1.41. The number of aromatic amines is 1. The van der Waals surface area contributed by atoms with Crippen LogP contribution in [-0.4, -0.2) is 16.1 Å². The summed E-state index contributed by atoms with van der Waals surface area (Å²) in [4.78, 5) is 12.3. The fourth-order valence-corrected chi connectivity index (χ4v) is 4.09. The summed E-state index contributed by atoms with van der Waals surface area (Å²) in [5, 5.41) is 10.4. The van der Waals surface area contributed by atoms with Crippen molar-refractivity contribution in [1.82, 2.24) is 10.2 Å². The molecule has 2 N–H and O–H groups in total. The first-order chi connectivity index (χ1) is 15.2. The van der Waals surface area contributed by atoms with E-state index < -0.39 is 0 Å². The number of hydrogen-bond acceptors (Lipinski definition) is 3. The van der Waals surface area contributed by atoms with Gasteiger partial charge in [-0.1, -0.05) is 66.7 Å². The highest BCUT2D eigenvalue weighted by Gasteiger charge is 2.32. The number of aromatic nitrogens is 2. The lowest BCUT2D eigenvalue weighted by atomic mass is 9.84. The van der Waals surface area contributed by atoms with E-state index in [0.29, 0.717) is 18.8 Å². The Kier molecular flexibility index (Phi) is 5.00. The second kappa shape index (κ2) is 8.11. The van der Waals surface area contributed by atoms with Crippen LogP contribution in [0.3, 0.4) is 0 Å². The van der Waals surface area contributed by atoms with Gasteiger partial charge in [0.15, 0.2) is 5.82 Å². The minimum atomic E-state index is -0.0666. The van der Waals surface area contributed by atoms with E-state index in [-0.39, 0.29) is 11.8 Å². The van der Waals surface area contributed by atoms with Gasteiger partial charge in [-0.3, -0.25) is 9.89 Å². The Bertz CT molecular complexity index is 1210. The van der Waals surface area contributed by atoms with Crippen LogP contribution in [0.4, 0.5) is 5.82 Å². The van der Waals surface area contributed by atoms with E-state index in [9.17, 15) is 4.79 Å². The summed E-state index contributed by atoms with van der Waals surface area (Å²) in [6.45, 7) is 2.62. The zero-order valence-electron chi connectivity index (χ0n) is 17.3. The molecule has 5 rings (SSSR count). The van der Waals surface area contributed by atoms with Crippen molar-refractivity contribution >= 4 is 11.7 Å². The average molecular weight is 409 g/mol. The molecule has 31 heavy (non-hydrogen) atoms. The molecular weight excluding hydrogens is 386 g/mol. The third kappa shape index (κ3) is 3.82. The van der Waals surface area contributed by atoms with Crippen LogP contribution < -0.4 is 10.1 Å². The molecule has 0 fully saturated rings. The van der Waals surface area contributed by atoms with Crippen LogP contribution in [0.25, 0.3) is 11.3 Å². The first-order valence-corrected chi connectivity index (χ1v) is 10.4. The van der Waals surface area contributed by atoms with Crippen LogP contribution in [0.5, 0.6) is 5.75 Å². The number of ether oxygens (including phenoxy) is 1. The number of carbonyl (C=O) groups excluding carboxylic acids is 1. The van der Waals surface area contributed by atoms with E-state index in [1.807, 2.05) is 66.7 Å². The number of nitrogens with zero attached hydrogens (tertiary/aromatic N) is 1. The van der Waals surface area contributed by atoms with Gasteiger partial charge in [-0.25, -0.2) is 0 Å². The molecule has 4 aromatic rings. The number of fused-ring (bicyclic) bond motifs is 1. The van der Waals surface area contributed by atoms with Crippen molar-refractivity contribution in [3.05, 3.63) is 101 Å². The molecule has 1 atom stereocenters. The Morgan fingerprint density at radius 1 is 0.968 bits per heavy atom. The number of benzene rings is 3. The quantitative estimate of drug-likeness (QED) is 0.461. The van der Waals surface area contributed by atoms with Gasteiger partial charge in [0.1, 0.15) is 12.4 Å². The highest BCUT2D eigenvalue weighted by molar-refractivity contribution is 5.96. The molecule has 1 aromatic heterocycles. The number of H-pyrrole nitrogens is 1. The summed E-state index contributed by atoms with van der Waals surface area (Å²) in [5.74, 6) is 1.33. The zero-order valence-corrected chi connectivity index (χ0v) is 17.3. The number of carbonyl (C=O) groups is 1. The van der Waals surface area contributed by atoms with Crippen molar-refractivity contribution in [3.63, 3.8) is 0 Å². The van der Waals surface area contributed by atoms with E-state index in [1.165, 1.54) is 11.1 Å². The van der Waals surface area contributed by atoms with Crippen LogP contribution >= 0.6 is 0 Å². The Hall–Kier alpha value is -3.86. The molecule has 1 unspecified atom stereocenters. The van der Waals surface area contributed by atoms with E-state index in [1.54, 1.807) is 0 Å². The van der Waals surface area contributed by atoms with Crippen LogP contribution in [0.1, 0.15) is 34.6 Å². The van der Waals surface area contributed by atoms with Crippen molar-refractivity contribution in [2.24, 2.45) is 0 Å². The molecule has 0 saturated carbocycles. The predicted molar refractivity (Wildman–Crippen MR) is 121 cm³/mol. The van der Waals surface area contributed by atoms with Gasteiger partial charge in [0.25, 0.3) is 0 Å². The summed E-state index contributed by atoms with van der Waals surface area (Å²) in [6, 6.07) is 26.3. The molecule has 154 valence electrons. The van der Waals surface area contributed by atoms with E-state index in [2.05, 4.69) is 34.6 Å². The fraction of sp³-hybridized carbons (Fsp3) is 0.154. The second-order valence-electron chi connectivity index (χ2n) is 7.82. The molecule has 5 heteroatoms. The second-order valence-corrected chi connectivity index (χ2v) is 7.82. The molecule has 0 radical (unpaired) electrons. The molecule has 0 bridgehead atoms. The maximum Gasteiger partial charge on any atom is 0.226 e. The number of amides is 1. The lowest BCUT2D eigenvalue weighted by Gasteiger charge is -2.23. The molecule has 2 heterocycles. The number of nitrogens with one attached hydrogen (secondary N) is 2. The fourth-order valence-electron chi connectivity index (χ4n) is 4.09. The van der Waals surface area contributed by atoms with Gasteiger partial charge in [-0.05, 0) is 41.3 Å². The van der Waals surface area contributed by atoms with Gasteiger partial charge < -0.3 is 10.1 Å². The molecule has 1 aliphatic heterocycles. The van der Waals surface area contributed by atoms with Crippen LogP contribution in [0.2, 0.25) is 0 Å². The van der Waals surface area contributed by atoms with Crippen molar-refractivity contribution in [2.45, 2.75) is 25.9 Å².